The highest BCUT2D eigenvalue weighted by Gasteiger charge is 2.27. The van der Waals surface area contributed by atoms with E-state index in [0.717, 1.165) is 45.0 Å². The van der Waals surface area contributed by atoms with Crippen molar-refractivity contribution in [1.29, 1.82) is 0 Å². The number of nitrogens with zero attached hydrogens (tertiary/aromatic N) is 1. The minimum absolute atomic E-state index is 0.155. The van der Waals surface area contributed by atoms with Gasteiger partial charge in [0.05, 0.1) is 13.7 Å². The fourth-order valence-corrected chi connectivity index (χ4v) is 3.73. The first kappa shape index (κ1) is 18.2. The first-order chi connectivity index (χ1) is 12.2. The molecular weight excluding hydrogens is 316 g/mol. The largest absolute Gasteiger partial charge is 0.497 e. The van der Waals surface area contributed by atoms with Gasteiger partial charge < -0.3 is 14.8 Å². The number of methoxy groups -OCH3 is 1. The lowest BCUT2D eigenvalue weighted by Crippen LogP contribution is -2.44. The number of benzene rings is 1. The monoisotopic (exact) mass is 346 g/mol. The van der Waals surface area contributed by atoms with Crippen molar-refractivity contribution in [3.63, 3.8) is 0 Å². The van der Waals surface area contributed by atoms with Gasteiger partial charge in [-0.3, -0.25) is 9.69 Å². The second-order valence-corrected chi connectivity index (χ2v) is 7.15. The van der Waals surface area contributed by atoms with Gasteiger partial charge >= 0.3 is 0 Å². The Morgan fingerprint density at radius 2 is 2.00 bits per heavy atom. The predicted octanol–water partition coefficient (Wildman–Crippen LogP) is 2.24. The minimum atomic E-state index is 0.155. The van der Waals surface area contributed by atoms with Crippen LogP contribution in [0.4, 0.5) is 0 Å². The third-order valence-corrected chi connectivity index (χ3v) is 5.46. The first-order valence-corrected chi connectivity index (χ1v) is 9.46. The van der Waals surface area contributed by atoms with Crippen molar-refractivity contribution in [1.82, 2.24) is 10.2 Å². The zero-order valence-electron chi connectivity index (χ0n) is 15.2. The van der Waals surface area contributed by atoms with Crippen LogP contribution in [-0.4, -0.2) is 56.8 Å². The number of amides is 1. The summed E-state index contributed by atoms with van der Waals surface area (Å²) in [5.74, 6) is 1.62. The van der Waals surface area contributed by atoms with Crippen LogP contribution in [0, 0.1) is 5.92 Å². The summed E-state index contributed by atoms with van der Waals surface area (Å²) in [6.45, 7) is 4.90. The van der Waals surface area contributed by atoms with Crippen LogP contribution in [0.15, 0.2) is 24.3 Å². The van der Waals surface area contributed by atoms with Crippen molar-refractivity contribution in [2.75, 3.05) is 40.0 Å². The number of piperidine rings is 1. The molecule has 0 radical (unpaired) electrons. The Balaban J connectivity index is 1.31. The quantitative estimate of drug-likeness (QED) is 0.823. The van der Waals surface area contributed by atoms with Crippen LogP contribution in [-0.2, 0) is 16.0 Å². The molecule has 0 spiro atoms. The van der Waals surface area contributed by atoms with Crippen molar-refractivity contribution in [3.8, 4) is 5.75 Å². The molecule has 0 bridgehead atoms. The number of carbonyl (C=O) groups is 1. The van der Waals surface area contributed by atoms with Crippen molar-refractivity contribution < 1.29 is 14.3 Å². The number of hydrogen-bond acceptors (Lipinski definition) is 4. The summed E-state index contributed by atoms with van der Waals surface area (Å²) in [7, 11) is 1.66. The molecule has 1 atom stereocenters. The molecule has 1 aromatic rings. The van der Waals surface area contributed by atoms with Crippen LogP contribution in [0.1, 0.15) is 31.2 Å². The molecule has 1 N–H and O–H groups in total. The first-order valence-electron chi connectivity index (χ1n) is 9.46. The van der Waals surface area contributed by atoms with Gasteiger partial charge in [0.25, 0.3) is 0 Å². The lowest BCUT2D eigenvalue weighted by molar-refractivity contribution is -0.121. The van der Waals surface area contributed by atoms with Gasteiger partial charge in [0.1, 0.15) is 5.75 Å². The summed E-state index contributed by atoms with van der Waals surface area (Å²) in [5, 5.41) is 3.12. The molecular formula is C20H30N2O3. The number of rotatable bonds is 7. The number of aryl methyl sites for hydroxylation is 1. The molecule has 25 heavy (non-hydrogen) atoms. The Hall–Kier alpha value is -1.59. The topological polar surface area (TPSA) is 50.8 Å². The van der Waals surface area contributed by atoms with Crippen molar-refractivity contribution in [3.05, 3.63) is 29.8 Å². The summed E-state index contributed by atoms with van der Waals surface area (Å²) in [5.41, 5.74) is 1.17. The third-order valence-electron chi connectivity index (χ3n) is 5.46. The highest BCUT2D eigenvalue weighted by atomic mass is 16.5. The fourth-order valence-electron chi connectivity index (χ4n) is 3.73. The van der Waals surface area contributed by atoms with E-state index in [1.165, 1.54) is 24.8 Å². The van der Waals surface area contributed by atoms with Crippen LogP contribution < -0.4 is 10.1 Å². The predicted molar refractivity (Wildman–Crippen MR) is 97.8 cm³/mol. The summed E-state index contributed by atoms with van der Waals surface area (Å²) in [4.78, 5) is 14.7. The maximum atomic E-state index is 12.1. The maximum Gasteiger partial charge on any atom is 0.220 e. The van der Waals surface area contributed by atoms with Crippen molar-refractivity contribution >= 4 is 5.91 Å². The molecule has 3 rings (SSSR count). The van der Waals surface area contributed by atoms with Gasteiger partial charge in [-0.25, -0.2) is 0 Å². The molecule has 0 aliphatic carbocycles. The summed E-state index contributed by atoms with van der Waals surface area (Å²) in [6.07, 6.45) is 4.85. The maximum absolute atomic E-state index is 12.1. The lowest BCUT2D eigenvalue weighted by atomic mass is 9.95. The summed E-state index contributed by atoms with van der Waals surface area (Å²) in [6, 6.07) is 8.55. The zero-order chi connectivity index (χ0) is 17.5. The molecule has 2 aliphatic rings. The minimum Gasteiger partial charge on any atom is -0.497 e. The van der Waals surface area contributed by atoms with Crippen LogP contribution in [0.2, 0.25) is 0 Å². The molecule has 138 valence electrons. The van der Waals surface area contributed by atoms with Gasteiger partial charge in [-0.15, -0.1) is 0 Å². The van der Waals surface area contributed by atoms with Crippen LogP contribution >= 0.6 is 0 Å². The smallest absolute Gasteiger partial charge is 0.220 e. The number of likely N-dealkylation sites (tertiary alicyclic amines) is 1. The number of carbonyl (C=O) groups excluding carboxylic acids is 1. The average molecular weight is 346 g/mol. The normalized spacial score (nSPS) is 22.0. The van der Waals surface area contributed by atoms with Crippen LogP contribution in [0.25, 0.3) is 0 Å². The second-order valence-electron chi connectivity index (χ2n) is 7.15. The molecule has 5 nitrogen and oxygen atoms in total. The molecule has 1 amide bonds. The van der Waals surface area contributed by atoms with Gasteiger partial charge in [0, 0.05) is 25.6 Å². The highest BCUT2D eigenvalue weighted by Crippen LogP contribution is 2.22. The lowest BCUT2D eigenvalue weighted by Gasteiger charge is -2.35. The van der Waals surface area contributed by atoms with Gasteiger partial charge in [-0.1, -0.05) is 12.1 Å². The van der Waals surface area contributed by atoms with Crippen LogP contribution in [0.5, 0.6) is 5.75 Å². The van der Waals surface area contributed by atoms with E-state index in [4.69, 9.17) is 9.47 Å². The Morgan fingerprint density at radius 1 is 1.24 bits per heavy atom. The molecule has 1 unspecified atom stereocenters. The SMILES string of the molecule is COc1ccc(CCC(=O)NCC2CCN(C3CCOC3)CC2)cc1. The van der Waals surface area contributed by atoms with Crippen molar-refractivity contribution in [2.24, 2.45) is 5.92 Å². The Kier molecular flexibility index (Phi) is 6.70. The Bertz CT molecular complexity index is 532. The van der Waals surface area contributed by atoms with E-state index in [9.17, 15) is 4.79 Å². The standard InChI is InChI=1S/C20H30N2O3/c1-24-19-5-2-16(3-6-19)4-7-20(23)21-14-17-8-11-22(12-9-17)18-10-13-25-15-18/h2-3,5-6,17-18H,4,7-15H2,1H3,(H,21,23). The Labute approximate surface area is 150 Å². The highest BCUT2D eigenvalue weighted by molar-refractivity contribution is 5.76. The van der Waals surface area contributed by atoms with E-state index < -0.39 is 0 Å². The molecule has 2 aliphatic heterocycles. The molecule has 2 saturated heterocycles. The van der Waals surface area contributed by atoms with Gasteiger partial charge in [-0.05, 0) is 62.4 Å². The third kappa shape index (κ3) is 5.44. The molecule has 5 heteroatoms. The van der Waals surface area contributed by atoms with E-state index in [-0.39, 0.29) is 5.91 Å². The van der Waals surface area contributed by atoms with E-state index in [1.807, 2.05) is 24.3 Å². The van der Waals surface area contributed by atoms with E-state index in [2.05, 4.69) is 10.2 Å². The molecule has 2 heterocycles. The van der Waals surface area contributed by atoms with Gasteiger partial charge in [0.15, 0.2) is 0 Å². The number of nitrogens with one attached hydrogen (secondary N) is 1. The fraction of sp³-hybridized carbons (Fsp3) is 0.650. The number of hydrogen-bond donors (Lipinski definition) is 1. The second kappa shape index (κ2) is 9.20. The van der Waals surface area contributed by atoms with Crippen molar-refractivity contribution in [2.45, 2.75) is 38.1 Å². The molecule has 2 fully saturated rings. The van der Waals surface area contributed by atoms with E-state index in [0.29, 0.717) is 18.4 Å². The number of ether oxygens (including phenoxy) is 2. The molecule has 0 aromatic heterocycles. The zero-order valence-corrected chi connectivity index (χ0v) is 15.2. The van der Waals surface area contributed by atoms with Gasteiger partial charge in [-0.2, -0.15) is 0 Å². The molecule has 0 saturated carbocycles. The molecule has 1 aromatic carbocycles. The van der Waals surface area contributed by atoms with E-state index >= 15 is 0 Å². The van der Waals surface area contributed by atoms with E-state index in [1.54, 1.807) is 7.11 Å². The van der Waals surface area contributed by atoms with Crippen LogP contribution in [0.3, 0.4) is 0 Å². The summed E-state index contributed by atoms with van der Waals surface area (Å²) < 4.78 is 10.6. The summed E-state index contributed by atoms with van der Waals surface area (Å²) >= 11 is 0. The average Bonchev–Trinajstić information content (AvgIpc) is 3.20. The van der Waals surface area contributed by atoms with Gasteiger partial charge in [0.2, 0.25) is 5.91 Å². The Morgan fingerprint density at radius 3 is 2.64 bits per heavy atom.